The molecule has 0 atom stereocenters. The lowest BCUT2D eigenvalue weighted by Crippen LogP contribution is -2.26. The Bertz CT molecular complexity index is 668. The molecule has 0 unspecified atom stereocenters. The first-order valence-electron chi connectivity index (χ1n) is 6.03. The van der Waals surface area contributed by atoms with E-state index in [0.717, 1.165) is 12.1 Å². The smallest absolute Gasteiger partial charge is 0.416 e. The Morgan fingerprint density at radius 2 is 1.76 bits per heavy atom. The predicted molar refractivity (Wildman–Crippen MR) is 72.3 cm³/mol. The van der Waals surface area contributed by atoms with E-state index in [0.29, 0.717) is 5.69 Å². The Balaban J connectivity index is 2.32. The third-order valence-corrected chi connectivity index (χ3v) is 2.96. The summed E-state index contributed by atoms with van der Waals surface area (Å²) in [6, 6.07) is 10.1. The number of amides is 1. The average molecular weight is 295 g/mol. The van der Waals surface area contributed by atoms with Gasteiger partial charge in [-0.25, -0.2) is 0 Å². The molecule has 1 amide bonds. The minimum atomic E-state index is -4.50. The number of rotatable bonds is 2. The highest BCUT2D eigenvalue weighted by molar-refractivity contribution is 6.05. The van der Waals surface area contributed by atoms with Gasteiger partial charge in [0.05, 0.1) is 5.56 Å². The van der Waals surface area contributed by atoms with Crippen molar-refractivity contribution in [3.8, 4) is 5.75 Å². The van der Waals surface area contributed by atoms with Gasteiger partial charge in [0, 0.05) is 24.4 Å². The Morgan fingerprint density at radius 1 is 1.10 bits per heavy atom. The van der Waals surface area contributed by atoms with Crippen LogP contribution in [0.25, 0.3) is 0 Å². The second-order valence-electron chi connectivity index (χ2n) is 4.46. The van der Waals surface area contributed by atoms with Gasteiger partial charge in [0.1, 0.15) is 5.75 Å². The third kappa shape index (κ3) is 3.34. The zero-order chi connectivity index (χ0) is 15.6. The number of alkyl halides is 3. The number of carbonyl (C=O) groups is 1. The van der Waals surface area contributed by atoms with Crippen molar-refractivity contribution in [3.63, 3.8) is 0 Å². The van der Waals surface area contributed by atoms with E-state index in [2.05, 4.69) is 0 Å². The molecule has 2 aromatic rings. The molecule has 0 heterocycles. The van der Waals surface area contributed by atoms with Gasteiger partial charge >= 0.3 is 6.18 Å². The average Bonchev–Trinajstić information content (AvgIpc) is 2.45. The van der Waals surface area contributed by atoms with Crippen molar-refractivity contribution in [3.05, 3.63) is 59.7 Å². The minimum Gasteiger partial charge on any atom is -0.508 e. The number of aromatic hydroxyl groups is 1. The highest BCUT2D eigenvalue weighted by atomic mass is 19.4. The fraction of sp³-hybridized carbons (Fsp3) is 0.133. The fourth-order valence-electron chi connectivity index (χ4n) is 1.84. The van der Waals surface area contributed by atoms with Crippen molar-refractivity contribution in [2.75, 3.05) is 11.9 Å². The summed E-state index contributed by atoms with van der Waals surface area (Å²) in [6.45, 7) is 0. The predicted octanol–water partition coefficient (Wildman–Crippen LogP) is 3.69. The number of anilines is 1. The van der Waals surface area contributed by atoms with E-state index in [9.17, 15) is 23.1 Å². The second-order valence-corrected chi connectivity index (χ2v) is 4.46. The lowest BCUT2D eigenvalue weighted by molar-refractivity contribution is -0.137. The summed E-state index contributed by atoms with van der Waals surface area (Å²) in [7, 11) is 1.43. The number of benzene rings is 2. The molecule has 2 rings (SSSR count). The van der Waals surface area contributed by atoms with Crippen LogP contribution in [0.1, 0.15) is 15.9 Å². The normalized spacial score (nSPS) is 11.2. The van der Waals surface area contributed by atoms with Crippen LogP contribution in [0.2, 0.25) is 0 Å². The molecule has 0 radical (unpaired) electrons. The van der Waals surface area contributed by atoms with Crippen LogP contribution in [-0.2, 0) is 6.18 Å². The quantitative estimate of drug-likeness (QED) is 0.918. The molecule has 110 valence electrons. The van der Waals surface area contributed by atoms with E-state index in [4.69, 9.17) is 0 Å². The molecule has 0 aliphatic heterocycles. The summed E-state index contributed by atoms with van der Waals surface area (Å²) < 4.78 is 38.0. The molecule has 1 N–H and O–H groups in total. The van der Waals surface area contributed by atoms with Crippen LogP contribution in [0, 0.1) is 0 Å². The third-order valence-electron chi connectivity index (χ3n) is 2.96. The van der Waals surface area contributed by atoms with Gasteiger partial charge < -0.3 is 10.0 Å². The molecule has 0 aliphatic carbocycles. The van der Waals surface area contributed by atoms with Crippen molar-refractivity contribution in [2.24, 2.45) is 0 Å². The Hall–Kier alpha value is -2.50. The van der Waals surface area contributed by atoms with Gasteiger partial charge in [-0.05, 0) is 30.3 Å². The molecule has 0 aliphatic rings. The lowest BCUT2D eigenvalue weighted by atomic mass is 10.1. The van der Waals surface area contributed by atoms with Gasteiger partial charge in [-0.15, -0.1) is 0 Å². The number of nitrogens with zero attached hydrogens (tertiary/aromatic N) is 1. The van der Waals surface area contributed by atoms with Crippen LogP contribution in [-0.4, -0.2) is 18.1 Å². The topological polar surface area (TPSA) is 40.5 Å². The van der Waals surface area contributed by atoms with Gasteiger partial charge in [0.2, 0.25) is 0 Å². The standard InChI is InChI=1S/C15H12F3NO2/c1-19(12-6-3-7-13(20)9-12)14(21)10-4-2-5-11(8-10)15(16,17)18/h2-9,20H,1H3. The van der Waals surface area contributed by atoms with Crippen LogP contribution in [0.15, 0.2) is 48.5 Å². The minimum absolute atomic E-state index is 0.0313. The van der Waals surface area contributed by atoms with Crippen LogP contribution in [0.5, 0.6) is 5.75 Å². The van der Waals surface area contributed by atoms with E-state index < -0.39 is 17.6 Å². The maximum absolute atomic E-state index is 12.7. The van der Waals surface area contributed by atoms with Gasteiger partial charge in [-0.3, -0.25) is 4.79 Å². The van der Waals surface area contributed by atoms with Gasteiger partial charge in [-0.2, -0.15) is 13.2 Å². The number of hydrogen-bond acceptors (Lipinski definition) is 2. The van der Waals surface area contributed by atoms with Crippen LogP contribution < -0.4 is 4.90 Å². The summed E-state index contributed by atoms with van der Waals surface area (Å²) in [4.78, 5) is 13.4. The van der Waals surface area contributed by atoms with Gasteiger partial charge in [0.25, 0.3) is 5.91 Å². The summed E-state index contributed by atoms with van der Waals surface area (Å²) in [5.41, 5.74) is -0.564. The highest BCUT2D eigenvalue weighted by Crippen LogP contribution is 2.30. The summed E-state index contributed by atoms with van der Waals surface area (Å²) >= 11 is 0. The van der Waals surface area contributed by atoms with Crippen molar-refractivity contribution in [1.82, 2.24) is 0 Å². The van der Waals surface area contributed by atoms with E-state index >= 15 is 0 Å². The Kier molecular flexibility index (Phi) is 3.88. The lowest BCUT2D eigenvalue weighted by Gasteiger charge is -2.18. The molecular weight excluding hydrogens is 283 g/mol. The molecule has 0 saturated carbocycles. The molecule has 0 saturated heterocycles. The van der Waals surface area contributed by atoms with Crippen molar-refractivity contribution >= 4 is 11.6 Å². The van der Waals surface area contributed by atoms with Gasteiger partial charge in [-0.1, -0.05) is 12.1 Å². The van der Waals surface area contributed by atoms with Gasteiger partial charge in [0.15, 0.2) is 0 Å². The van der Waals surface area contributed by atoms with E-state index in [1.807, 2.05) is 0 Å². The summed E-state index contributed by atoms with van der Waals surface area (Å²) in [5, 5.41) is 9.38. The fourth-order valence-corrected chi connectivity index (χ4v) is 1.84. The Morgan fingerprint density at radius 3 is 2.38 bits per heavy atom. The zero-order valence-corrected chi connectivity index (χ0v) is 11.1. The van der Waals surface area contributed by atoms with Crippen molar-refractivity contribution in [2.45, 2.75) is 6.18 Å². The zero-order valence-electron chi connectivity index (χ0n) is 11.1. The molecule has 3 nitrogen and oxygen atoms in total. The number of hydrogen-bond donors (Lipinski definition) is 1. The SMILES string of the molecule is CN(C(=O)c1cccc(C(F)(F)F)c1)c1cccc(O)c1. The molecule has 0 aromatic heterocycles. The van der Waals surface area contributed by atoms with Crippen LogP contribution in [0.4, 0.5) is 18.9 Å². The molecule has 2 aromatic carbocycles. The maximum atomic E-state index is 12.7. The molecule has 0 fully saturated rings. The largest absolute Gasteiger partial charge is 0.508 e. The van der Waals surface area contributed by atoms with Crippen molar-refractivity contribution in [1.29, 1.82) is 0 Å². The van der Waals surface area contributed by atoms with E-state index in [1.54, 1.807) is 12.1 Å². The first-order valence-corrected chi connectivity index (χ1v) is 6.03. The second kappa shape index (κ2) is 5.47. The molecule has 6 heteroatoms. The molecular formula is C15H12F3NO2. The first kappa shape index (κ1) is 14.9. The first-order chi connectivity index (χ1) is 9.79. The summed E-state index contributed by atoms with van der Waals surface area (Å²) in [6.07, 6.45) is -4.50. The Labute approximate surface area is 119 Å². The number of phenolic OH excluding ortho intramolecular Hbond substituents is 1. The van der Waals surface area contributed by atoms with E-state index in [1.165, 1.54) is 36.2 Å². The monoisotopic (exact) mass is 295 g/mol. The van der Waals surface area contributed by atoms with Crippen LogP contribution >= 0.6 is 0 Å². The molecule has 21 heavy (non-hydrogen) atoms. The number of phenols is 1. The summed E-state index contributed by atoms with van der Waals surface area (Å²) in [5.74, 6) is -0.622. The van der Waals surface area contributed by atoms with E-state index in [-0.39, 0.29) is 11.3 Å². The van der Waals surface area contributed by atoms with Crippen molar-refractivity contribution < 1.29 is 23.1 Å². The molecule has 0 bridgehead atoms. The van der Waals surface area contributed by atoms with Crippen LogP contribution in [0.3, 0.4) is 0 Å². The number of carbonyl (C=O) groups excluding carboxylic acids is 1. The molecule has 0 spiro atoms. The number of halogens is 3. The highest BCUT2D eigenvalue weighted by Gasteiger charge is 2.31. The maximum Gasteiger partial charge on any atom is 0.416 e.